The maximum absolute atomic E-state index is 5.79. The molecule has 0 saturated carbocycles. The van der Waals surface area contributed by atoms with E-state index in [2.05, 4.69) is 42.9 Å². The lowest BCUT2D eigenvalue weighted by molar-refractivity contribution is 0.648. The number of hydrogen-bond acceptors (Lipinski definition) is 3. The number of rotatable bonds is 4. The standard InChI is InChI=1S/C17H23N3/c1-11-9-13(3)15(10-12(11)2)16-7-8-19-17(20-16)6-5-14(4)18/h7-10,14H,5-6,18H2,1-4H3. The van der Waals surface area contributed by atoms with Crippen LogP contribution in [0.15, 0.2) is 24.4 Å². The first-order valence-electron chi connectivity index (χ1n) is 7.13. The highest BCUT2D eigenvalue weighted by Gasteiger charge is 2.08. The zero-order valence-electron chi connectivity index (χ0n) is 12.8. The highest BCUT2D eigenvalue weighted by molar-refractivity contribution is 5.65. The van der Waals surface area contributed by atoms with Crippen molar-refractivity contribution in [2.75, 3.05) is 0 Å². The Labute approximate surface area is 121 Å². The first-order chi connectivity index (χ1) is 9.47. The molecular weight excluding hydrogens is 246 g/mol. The van der Waals surface area contributed by atoms with E-state index in [1.165, 1.54) is 22.3 Å². The van der Waals surface area contributed by atoms with Crippen LogP contribution < -0.4 is 5.73 Å². The van der Waals surface area contributed by atoms with Gasteiger partial charge in [0.15, 0.2) is 0 Å². The summed E-state index contributed by atoms with van der Waals surface area (Å²) >= 11 is 0. The van der Waals surface area contributed by atoms with Crippen LogP contribution in [0.5, 0.6) is 0 Å². The fourth-order valence-corrected chi connectivity index (χ4v) is 2.26. The van der Waals surface area contributed by atoms with Crippen LogP contribution in [-0.2, 0) is 6.42 Å². The lowest BCUT2D eigenvalue weighted by atomic mass is 9.98. The van der Waals surface area contributed by atoms with Gasteiger partial charge >= 0.3 is 0 Å². The Bertz CT molecular complexity index is 603. The van der Waals surface area contributed by atoms with Gasteiger partial charge in [0.25, 0.3) is 0 Å². The van der Waals surface area contributed by atoms with Crippen LogP contribution in [-0.4, -0.2) is 16.0 Å². The van der Waals surface area contributed by atoms with Crippen molar-refractivity contribution < 1.29 is 0 Å². The van der Waals surface area contributed by atoms with Crippen LogP contribution in [0.2, 0.25) is 0 Å². The van der Waals surface area contributed by atoms with E-state index in [0.717, 1.165) is 24.4 Å². The van der Waals surface area contributed by atoms with E-state index in [4.69, 9.17) is 5.73 Å². The van der Waals surface area contributed by atoms with Crippen LogP contribution >= 0.6 is 0 Å². The lowest BCUT2D eigenvalue weighted by Gasteiger charge is -2.10. The molecule has 1 heterocycles. The van der Waals surface area contributed by atoms with Gasteiger partial charge in [-0.05, 0) is 62.9 Å². The predicted molar refractivity (Wildman–Crippen MR) is 83.6 cm³/mol. The van der Waals surface area contributed by atoms with E-state index in [0.29, 0.717) is 0 Å². The molecule has 0 aliphatic carbocycles. The molecule has 1 unspecified atom stereocenters. The van der Waals surface area contributed by atoms with Crippen molar-refractivity contribution in [2.24, 2.45) is 5.73 Å². The van der Waals surface area contributed by atoms with Crippen LogP contribution in [0.3, 0.4) is 0 Å². The molecule has 0 radical (unpaired) electrons. The van der Waals surface area contributed by atoms with Crippen molar-refractivity contribution in [1.82, 2.24) is 9.97 Å². The molecule has 2 aromatic rings. The van der Waals surface area contributed by atoms with Gasteiger partial charge in [0.2, 0.25) is 0 Å². The van der Waals surface area contributed by atoms with Crippen molar-refractivity contribution in [3.63, 3.8) is 0 Å². The third-order valence-corrected chi connectivity index (χ3v) is 3.65. The second-order valence-corrected chi connectivity index (χ2v) is 5.63. The number of benzene rings is 1. The van der Waals surface area contributed by atoms with Crippen molar-refractivity contribution in [2.45, 2.75) is 46.6 Å². The number of aryl methyl sites for hydroxylation is 4. The third kappa shape index (κ3) is 3.42. The van der Waals surface area contributed by atoms with E-state index in [-0.39, 0.29) is 6.04 Å². The molecule has 0 spiro atoms. The highest BCUT2D eigenvalue weighted by Crippen LogP contribution is 2.24. The molecule has 0 amide bonds. The lowest BCUT2D eigenvalue weighted by Crippen LogP contribution is -2.16. The highest BCUT2D eigenvalue weighted by atomic mass is 14.9. The summed E-state index contributed by atoms with van der Waals surface area (Å²) in [6.07, 6.45) is 3.58. The zero-order valence-corrected chi connectivity index (χ0v) is 12.8. The summed E-state index contributed by atoms with van der Waals surface area (Å²) < 4.78 is 0. The molecule has 106 valence electrons. The molecule has 1 aromatic heterocycles. The molecule has 2 N–H and O–H groups in total. The fraction of sp³-hybridized carbons (Fsp3) is 0.412. The molecule has 1 aromatic carbocycles. The number of nitrogens with zero attached hydrogens (tertiary/aromatic N) is 2. The van der Waals surface area contributed by atoms with E-state index in [9.17, 15) is 0 Å². The second kappa shape index (κ2) is 6.14. The average Bonchev–Trinajstić information content (AvgIpc) is 2.41. The summed E-state index contributed by atoms with van der Waals surface area (Å²) in [4.78, 5) is 9.02. The maximum atomic E-state index is 5.79. The fourth-order valence-electron chi connectivity index (χ4n) is 2.26. The Kier molecular flexibility index (Phi) is 4.50. The number of aromatic nitrogens is 2. The summed E-state index contributed by atoms with van der Waals surface area (Å²) in [6.45, 7) is 8.42. The maximum Gasteiger partial charge on any atom is 0.129 e. The van der Waals surface area contributed by atoms with Gasteiger partial charge in [0, 0.05) is 24.2 Å². The summed E-state index contributed by atoms with van der Waals surface area (Å²) in [6, 6.07) is 6.59. The van der Waals surface area contributed by atoms with E-state index in [1.54, 1.807) is 0 Å². The first-order valence-corrected chi connectivity index (χ1v) is 7.13. The van der Waals surface area contributed by atoms with Gasteiger partial charge in [0.1, 0.15) is 5.82 Å². The van der Waals surface area contributed by atoms with Crippen molar-refractivity contribution in [3.05, 3.63) is 46.9 Å². The van der Waals surface area contributed by atoms with E-state index in [1.807, 2.05) is 19.2 Å². The summed E-state index contributed by atoms with van der Waals surface area (Å²) in [5, 5.41) is 0. The first kappa shape index (κ1) is 14.7. The van der Waals surface area contributed by atoms with Crippen LogP contribution in [0.4, 0.5) is 0 Å². The zero-order chi connectivity index (χ0) is 14.7. The predicted octanol–water partition coefficient (Wildman–Crippen LogP) is 3.35. The van der Waals surface area contributed by atoms with Gasteiger partial charge in [-0.2, -0.15) is 0 Å². The average molecular weight is 269 g/mol. The Balaban J connectivity index is 2.33. The van der Waals surface area contributed by atoms with Crippen molar-refractivity contribution in [3.8, 4) is 11.3 Å². The summed E-state index contributed by atoms with van der Waals surface area (Å²) in [7, 11) is 0. The minimum Gasteiger partial charge on any atom is -0.328 e. The quantitative estimate of drug-likeness (QED) is 0.926. The Morgan fingerprint density at radius 2 is 1.80 bits per heavy atom. The molecule has 20 heavy (non-hydrogen) atoms. The SMILES string of the molecule is Cc1cc(C)c(-c2ccnc(CCC(C)N)n2)cc1C. The van der Waals surface area contributed by atoms with Crippen LogP contribution in [0.25, 0.3) is 11.3 Å². The van der Waals surface area contributed by atoms with Gasteiger partial charge in [-0.25, -0.2) is 9.97 Å². The normalized spacial score (nSPS) is 12.4. The van der Waals surface area contributed by atoms with Gasteiger partial charge < -0.3 is 5.73 Å². The minimum atomic E-state index is 0.186. The van der Waals surface area contributed by atoms with E-state index >= 15 is 0 Å². The molecule has 0 aliphatic rings. The smallest absolute Gasteiger partial charge is 0.129 e. The molecule has 2 rings (SSSR count). The molecule has 0 bridgehead atoms. The minimum absolute atomic E-state index is 0.186. The summed E-state index contributed by atoms with van der Waals surface area (Å²) in [5.74, 6) is 0.873. The molecule has 0 saturated heterocycles. The monoisotopic (exact) mass is 269 g/mol. The van der Waals surface area contributed by atoms with Crippen LogP contribution in [0.1, 0.15) is 35.9 Å². The molecule has 3 nitrogen and oxygen atoms in total. The van der Waals surface area contributed by atoms with Gasteiger partial charge in [-0.3, -0.25) is 0 Å². The topological polar surface area (TPSA) is 51.8 Å². The van der Waals surface area contributed by atoms with E-state index < -0.39 is 0 Å². The van der Waals surface area contributed by atoms with Gasteiger partial charge in [-0.1, -0.05) is 6.07 Å². The molecule has 0 fully saturated rings. The second-order valence-electron chi connectivity index (χ2n) is 5.63. The number of nitrogens with two attached hydrogens (primary N) is 1. The molecule has 0 aliphatic heterocycles. The van der Waals surface area contributed by atoms with Crippen molar-refractivity contribution >= 4 is 0 Å². The molecular formula is C17H23N3. The molecule has 3 heteroatoms. The summed E-state index contributed by atoms with van der Waals surface area (Å²) in [5.41, 5.74) is 11.9. The third-order valence-electron chi connectivity index (χ3n) is 3.65. The van der Waals surface area contributed by atoms with Gasteiger partial charge in [0.05, 0.1) is 5.69 Å². The van der Waals surface area contributed by atoms with Crippen LogP contribution in [0, 0.1) is 20.8 Å². The Morgan fingerprint density at radius 1 is 1.10 bits per heavy atom. The Hall–Kier alpha value is -1.74. The largest absolute Gasteiger partial charge is 0.328 e. The molecule has 1 atom stereocenters. The van der Waals surface area contributed by atoms with Crippen molar-refractivity contribution in [1.29, 1.82) is 0 Å². The Morgan fingerprint density at radius 3 is 2.50 bits per heavy atom. The number of hydrogen-bond donors (Lipinski definition) is 1. The van der Waals surface area contributed by atoms with Gasteiger partial charge in [-0.15, -0.1) is 0 Å².